The summed E-state index contributed by atoms with van der Waals surface area (Å²) in [6.45, 7) is 4.49. The molecule has 0 heterocycles. The van der Waals surface area contributed by atoms with Crippen molar-refractivity contribution in [2.24, 2.45) is 5.92 Å². The van der Waals surface area contributed by atoms with Crippen LogP contribution in [0.4, 0.5) is 0 Å². The number of rotatable bonds is 2. The summed E-state index contributed by atoms with van der Waals surface area (Å²) < 4.78 is 0. The van der Waals surface area contributed by atoms with Gasteiger partial charge in [-0.05, 0) is 0 Å². The van der Waals surface area contributed by atoms with Gasteiger partial charge in [0, 0.05) is 0 Å². The van der Waals surface area contributed by atoms with Crippen LogP contribution in [0.3, 0.4) is 0 Å². The van der Waals surface area contributed by atoms with E-state index < -0.39 is 0 Å². The van der Waals surface area contributed by atoms with Crippen molar-refractivity contribution in [2.75, 3.05) is 0 Å². The molecule has 0 saturated heterocycles. The van der Waals surface area contributed by atoms with Crippen molar-refractivity contribution in [3.05, 3.63) is 60.2 Å². The SMILES string of the molecule is CC(C)C[c-]1cccc1.[Cl-].[Cl-].[Cl-].[Zr+3].c1cc[cH-]c1. The van der Waals surface area contributed by atoms with E-state index in [1.165, 1.54) is 12.0 Å². The summed E-state index contributed by atoms with van der Waals surface area (Å²) in [5.41, 5.74) is 1.46. The second-order valence-electron chi connectivity index (χ2n) is 3.85. The van der Waals surface area contributed by atoms with Crippen LogP contribution in [-0.4, -0.2) is 0 Å². The maximum absolute atomic E-state index is 2.24. The van der Waals surface area contributed by atoms with E-state index >= 15 is 0 Å². The second kappa shape index (κ2) is 17.5. The smallest absolute Gasteiger partial charge is 1.00 e. The van der Waals surface area contributed by atoms with E-state index in [2.05, 4.69) is 38.1 Å². The molecule has 0 aliphatic carbocycles. The Balaban J connectivity index is -0.0000000969. The molecule has 18 heavy (non-hydrogen) atoms. The van der Waals surface area contributed by atoms with Crippen molar-refractivity contribution in [1.29, 1.82) is 0 Å². The van der Waals surface area contributed by atoms with Gasteiger partial charge in [0.2, 0.25) is 0 Å². The molecule has 0 aliphatic rings. The van der Waals surface area contributed by atoms with Gasteiger partial charge < -0.3 is 37.2 Å². The van der Waals surface area contributed by atoms with Crippen LogP contribution in [-0.2, 0) is 32.6 Å². The maximum Gasteiger partial charge on any atom is 3.00 e. The summed E-state index contributed by atoms with van der Waals surface area (Å²) in [7, 11) is 0. The zero-order chi connectivity index (χ0) is 10.2. The number of hydrogen-bond acceptors (Lipinski definition) is 0. The average Bonchev–Trinajstić information content (AvgIpc) is 2.75. The van der Waals surface area contributed by atoms with Crippen molar-refractivity contribution in [3.63, 3.8) is 0 Å². The van der Waals surface area contributed by atoms with Crippen LogP contribution in [0.1, 0.15) is 19.4 Å². The Hall–Kier alpha value is 0.453. The van der Waals surface area contributed by atoms with Gasteiger partial charge in [-0.3, -0.25) is 0 Å². The minimum absolute atomic E-state index is 0. The van der Waals surface area contributed by atoms with Crippen LogP contribution in [0, 0.1) is 5.92 Å². The first kappa shape index (κ1) is 26.9. The molecule has 2 aromatic carbocycles. The Morgan fingerprint density at radius 1 is 0.889 bits per heavy atom. The fourth-order valence-electron chi connectivity index (χ4n) is 1.34. The molecule has 0 fully saturated rings. The predicted molar refractivity (Wildman–Crippen MR) is 62.6 cm³/mol. The fraction of sp³-hybridized carbons (Fsp3) is 0.286. The quantitative estimate of drug-likeness (QED) is 0.456. The Morgan fingerprint density at radius 2 is 1.33 bits per heavy atom. The van der Waals surface area contributed by atoms with Gasteiger partial charge in [0.1, 0.15) is 0 Å². The number of halogens is 3. The van der Waals surface area contributed by atoms with Crippen LogP contribution < -0.4 is 37.2 Å². The minimum Gasteiger partial charge on any atom is -1.00 e. The summed E-state index contributed by atoms with van der Waals surface area (Å²) >= 11 is 0. The van der Waals surface area contributed by atoms with Crippen LogP contribution in [0.25, 0.3) is 0 Å². The summed E-state index contributed by atoms with van der Waals surface area (Å²) in [5.74, 6) is 0.785. The Bertz CT molecular complexity index is 284. The van der Waals surface area contributed by atoms with Crippen molar-refractivity contribution in [3.8, 4) is 0 Å². The Morgan fingerprint density at radius 3 is 1.61 bits per heavy atom. The van der Waals surface area contributed by atoms with E-state index in [4.69, 9.17) is 0 Å². The third-order valence-electron chi connectivity index (χ3n) is 1.93. The zero-order valence-corrected chi connectivity index (χ0v) is 15.3. The molecule has 0 saturated carbocycles. The fourth-order valence-corrected chi connectivity index (χ4v) is 1.34. The maximum atomic E-state index is 2.24. The molecule has 2 aromatic rings. The van der Waals surface area contributed by atoms with Gasteiger partial charge in [0.05, 0.1) is 0 Å². The summed E-state index contributed by atoms with van der Waals surface area (Å²) in [4.78, 5) is 0. The van der Waals surface area contributed by atoms with Gasteiger partial charge in [0.15, 0.2) is 0 Å². The van der Waals surface area contributed by atoms with Gasteiger partial charge in [-0.2, -0.15) is 35.9 Å². The molecule has 4 heteroatoms. The van der Waals surface area contributed by atoms with Gasteiger partial charge in [-0.1, -0.05) is 26.2 Å². The van der Waals surface area contributed by atoms with Crippen LogP contribution in [0.15, 0.2) is 54.6 Å². The molecule has 0 unspecified atom stereocenters. The van der Waals surface area contributed by atoms with E-state index in [9.17, 15) is 0 Å². The molecule has 0 N–H and O–H groups in total. The molecule has 0 amide bonds. The van der Waals surface area contributed by atoms with Crippen molar-refractivity contribution in [1.82, 2.24) is 0 Å². The van der Waals surface area contributed by atoms with Crippen molar-refractivity contribution in [2.45, 2.75) is 20.3 Å². The molecule has 0 bridgehead atoms. The topological polar surface area (TPSA) is 0 Å². The van der Waals surface area contributed by atoms with E-state index in [-0.39, 0.29) is 63.4 Å². The van der Waals surface area contributed by atoms with Crippen LogP contribution in [0.5, 0.6) is 0 Å². The van der Waals surface area contributed by atoms with E-state index in [1.54, 1.807) is 0 Å². The van der Waals surface area contributed by atoms with E-state index in [0.29, 0.717) is 0 Å². The van der Waals surface area contributed by atoms with E-state index in [1.807, 2.05) is 30.3 Å². The molecular weight excluding hydrogens is 366 g/mol. The van der Waals surface area contributed by atoms with E-state index in [0.717, 1.165) is 5.92 Å². The second-order valence-corrected chi connectivity index (χ2v) is 3.85. The molecule has 101 valence electrons. The minimum atomic E-state index is 0. The van der Waals surface area contributed by atoms with Crippen LogP contribution >= 0.6 is 0 Å². The molecule has 2 rings (SSSR count). The first-order chi connectivity index (χ1) is 6.79. The molecule has 0 spiro atoms. The third kappa shape index (κ3) is 14.5. The van der Waals surface area contributed by atoms with Gasteiger partial charge in [-0.15, -0.1) is 0 Å². The van der Waals surface area contributed by atoms with Gasteiger partial charge in [0.25, 0.3) is 0 Å². The largest absolute Gasteiger partial charge is 3.00 e. The summed E-state index contributed by atoms with van der Waals surface area (Å²) in [6.07, 6.45) is 1.22. The summed E-state index contributed by atoms with van der Waals surface area (Å²) in [6, 6.07) is 18.6. The molecular formula is C14H18Cl3Zr-2. The molecule has 0 atom stereocenters. The molecule has 0 nitrogen and oxygen atoms in total. The molecule has 0 aromatic heterocycles. The first-order valence-corrected chi connectivity index (χ1v) is 5.16. The average molecular weight is 384 g/mol. The monoisotopic (exact) mass is 381 g/mol. The summed E-state index contributed by atoms with van der Waals surface area (Å²) in [5, 5.41) is 0. The van der Waals surface area contributed by atoms with Crippen molar-refractivity contribution >= 4 is 0 Å². The molecule has 1 radical (unpaired) electrons. The van der Waals surface area contributed by atoms with Crippen LogP contribution in [0.2, 0.25) is 0 Å². The first-order valence-electron chi connectivity index (χ1n) is 5.16. The normalized spacial score (nSPS) is 7.50. The molecule has 0 aliphatic heterocycles. The predicted octanol–water partition coefficient (Wildman–Crippen LogP) is -4.98. The van der Waals surface area contributed by atoms with Gasteiger partial charge >= 0.3 is 26.2 Å². The zero-order valence-electron chi connectivity index (χ0n) is 10.6. The number of hydrogen-bond donors (Lipinski definition) is 0. The standard InChI is InChI=1S/C9H13.C5H5.3ClH.Zr/c1-8(2)7-9-5-3-4-6-9;1-2-4-5-3-1;;;;/h3-6,8H,7H2,1-2H3;1-5H;3*1H;/q2*-1;;;;+3/p-3. The third-order valence-corrected chi connectivity index (χ3v) is 1.93. The Labute approximate surface area is 149 Å². The van der Waals surface area contributed by atoms with Crippen molar-refractivity contribution < 1.29 is 63.4 Å². The van der Waals surface area contributed by atoms with Gasteiger partial charge in [-0.25, -0.2) is 24.3 Å². The Kier molecular flexibility index (Phi) is 26.1.